The molecule has 4 N–H and O–H groups in total. The van der Waals surface area contributed by atoms with Crippen molar-refractivity contribution in [1.29, 1.82) is 0 Å². The highest BCUT2D eigenvalue weighted by Gasteiger charge is 2.36. The predicted molar refractivity (Wildman–Crippen MR) is 156 cm³/mol. The molecule has 1 unspecified atom stereocenters. The zero-order chi connectivity index (χ0) is 30.7. The van der Waals surface area contributed by atoms with E-state index in [0.29, 0.717) is 47.1 Å². The van der Waals surface area contributed by atoms with E-state index < -0.39 is 29.8 Å². The number of carboxylic acid groups (broad SMARTS) is 2. The van der Waals surface area contributed by atoms with Gasteiger partial charge in [-0.3, -0.25) is 14.5 Å². The van der Waals surface area contributed by atoms with Gasteiger partial charge in [-0.15, -0.1) is 16.4 Å². The first kappa shape index (κ1) is 29.4. The fourth-order valence-corrected chi connectivity index (χ4v) is 6.34. The molecule has 0 radical (unpaired) electrons. The molecule has 2 aromatic heterocycles. The first-order valence-electron chi connectivity index (χ1n) is 13.2. The first-order valence-corrected chi connectivity index (χ1v) is 14.1. The molecule has 43 heavy (non-hydrogen) atoms. The predicted octanol–water partition coefficient (Wildman–Crippen LogP) is 2.90. The van der Waals surface area contributed by atoms with E-state index in [0.717, 1.165) is 16.9 Å². The molecular formula is C29H28N6O7S. The minimum Gasteiger partial charge on any atom is -0.497 e. The summed E-state index contributed by atoms with van der Waals surface area (Å²) in [4.78, 5) is 52.8. The van der Waals surface area contributed by atoms with Crippen molar-refractivity contribution in [2.45, 2.75) is 25.9 Å². The third-order valence-electron chi connectivity index (χ3n) is 7.05. The second-order valence-electron chi connectivity index (χ2n) is 9.77. The van der Waals surface area contributed by atoms with Crippen molar-refractivity contribution in [3.63, 3.8) is 0 Å². The van der Waals surface area contributed by atoms with Crippen molar-refractivity contribution in [2.24, 2.45) is 0 Å². The number of aryl methyl sites for hydroxylation is 1. The van der Waals surface area contributed by atoms with Crippen LogP contribution >= 0.6 is 11.3 Å². The van der Waals surface area contributed by atoms with Crippen LogP contribution < -0.4 is 15.4 Å². The number of hydrogen-bond donors (Lipinski definition) is 4. The Morgan fingerprint density at radius 1 is 1.05 bits per heavy atom. The van der Waals surface area contributed by atoms with Crippen molar-refractivity contribution < 1.29 is 34.1 Å². The van der Waals surface area contributed by atoms with Crippen molar-refractivity contribution in [2.75, 3.05) is 25.5 Å². The molecule has 4 aromatic rings. The molecule has 1 atom stereocenters. The van der Waals surface area contributed by atoms with Crippen LogP contribution in [0.4, 0.5) is 5.00 Å². The summed E-state index contributed by atoms with van der Waals surface area (Å²) in [6.45, 7) is 2.70. The number of anilines is 1. The molecule has 1 aliphatic rings. The van der Waals surface area contributed by atoms with Crippen LogP contribution in [0.15, 0.2) is 54.6 Å². The third-order valence-corrected chi connectivity index (χ3v) is 8.30. The number of carbonyl (C=O) groups excluding carboxylic acids is 2. The summed E-state index contributed by atoms with van der Waals surface area (Å²) < 4.78 is 5.26. The van der Waals surface area contributed by atoms with E-state index in [1.165, 1.54) is 4.80 Å². The maximum atomic E-state index is 13.3. The lowest BCUT2D eigenvalue weighted by atomic mass is 9.96. The Hall–Kier alpha value is -5.08. The van der Waals surface area contributed by atoms with E-state index in [9.17, 15) is 24.3 Å². The van der Waals surface area contributed by atoms with E-state index in [1.807, 2.05) is 54.6 Å². The molecule has 0 bridgehead atoms. The second-order valence-corrected chi connectivity index (χ2v) is 10.8. The molecule has 13 nitrogen and oxygen atoms in total. The molecule has 0 saturated carbocycles. The Labute approximate surface area is 249 Å². The number of hydrogen-bond acceptors (Lipinski definition) is 9. The lowest BCUT2D eigenvalue weighted by Crippen LogP contribution is -2.41. The number of fused-ring (bicyclic) bond motifs is 1. The molecule has 14 heteroatoms. The van der Waals surface area contributed by atoms with Crippen LogP contribution in [0, 0.1) is 6.92 Å². The average molecular weight is 605 g/mol. The van der Waals surface area contributed by atoms with Gasteiger partial charge < -0.3 is 25.6 Å². The van der Waals surface area contributed by atoms with Crippen LogP contribution in [0.5, 0.6) is 5.75 Å². The van der Waals surface area contributed by atoms with E-state index in [4.69, 9.17) is 9.84 Å². The van der Waals surface area contributed by atoms with Gasteiger partial charge >= 0.3 is 17.8 Å². The number of para-hydroxylation sites is 1. The lowest BCUT2D eigenvalue weighted by Gasteiger charge is -2.36. The Kier molecular flexibility index (Phi) is 8.50. The minimum absolute atomic E-state index is 0.0610. The fraction of sp³-hybridized carbons (Fsp3) is 0.241. The van der Waals surface area contributed by atoms with Crippen LogP contribution in [0.3, 0.4) is 0 Å². The van der Waals surface area contributed by atoms with Crippen LogP contribution in [0.2, 0.25) is 0 Å². The van der Waals surface area contributed by atoms with E-state index in [2.05, 4.69) is 25.7 Å². The summed E-state index contributed by atoms with van der Waals surface area (Å²) in [5, 5.41) is 32.9. The van der Waals surface area contributed by atoms with Gasteiger partial charge in [0.15, 0.2) is 5.69 Å². The molecule has 0 saturated heterocycles. The SMILES string of the molecule is COc1ccc(CN2CCc3c(sc(NC(=O)C(=O)O)c3C(=O)O)C2CNC(=O)c2nn(-c3ccccc3)nc2C)cc1. The van der Waals surface area contributed by atoms with Crippen LogP contribution in [0.1, 0.15) is 48.6 Å². The Bertz CT molecular complexity index is 1680. The molecule has 1 aliphatic heterocycles. The third kappa shape index (κ3) is 6.24. The molecule has 3 heterocycles. The normalized spacial score (nSPS) is 14.5. The highest BCUT2D eigenvalue weighted by Crippen LogP contribution is 2.43. The monoisotopic (exact) mass is 604 g/mol. The molecule has 0 fully saturated rings. The van der Waals surface area contributed by atoms with Gasteiger partial charge in [0, 0.05) is 24.5 Å². The van der Waals surface area contributed by atoms with Gasteiger partial charge in [-0.1, -0.05) is 30.3 Å². The highest BCUT2D eigenvalue weighted by atomic mass is 32.1. The minimum atomic E-state index is -1.73. The Balaban J connectivity index is 1.45. The van der Waals surface area contributed by atoms with Crippen molar-refractivity contribution in [3.05, 3.63) is 87.6 Å². The number of nitrogens with zero attached hydrogens (tertiary/aromatic N) is 4. The molecule has 0 aliphatic carbocycles. The van der Waals surface area contributed by atoms with Crippen LogP contribution in [-0.2, 0) is 22.6 Å². The molecule has 222 valence electrons. The average Bonchev–Trinajstić information content (AvgIpc) is 3.57. The number of aromatic carboxylic acids is 1. The summed E-state index contributed by atoms with van der Waals surface area (Å²) in [5.74, 6) is -4.09. The summed E-state index contributed by atoms with van der Waals surface area (Å²) in [6.07, 6.45) is 0.349. The maximum absolute atomic E-state index is 13.3. The zero-order valence-electron chi connectivity index (χ0n) is 23.2. The summed E-state index contributed by atoms with van der Waals surface area (Å²) in [5.41, 5.74) is 2.60. The van der Waals surface area contributed by atoms with Gasteiger partial charge in [-0.25, -0.2) is 9.59 Å². The Morgan fingerprint density at radius 3 is 2.42 bits per heavy atom. The van der Waals surface area contributed by atoms with E-state index in [1.54, 1.807) is 14.0 Å². The lowest BCUT2D eigenvalue weighted by molar-refractivity contribution is -0.147. The molecule has 0 spiro atoms. The standard InChI is InChI=1S/C29H28N6O7S/c1-16-23(33-35(32-16)18-6-4-3-5-7-18)25(36)30-14-21-24-20(22(28(38)39)27(43-24)31-26(37)29(40)41)12-13-34(21)15-17-8-10-19(42-2)11-9-17/h3-11,21H,12-15H2,1-2H3,(H,30,36)(H,31,37)(H,38,39)(H,40,41). The van der Waals surface area contributed by atoms with Crippen LogP contribution in [-0.4, -0.2) is 74.1 Å². The quantitative estimate of drug-likeness (QED) is 0.208. The number of aromatic nitrogens is 3. The number of aliphatic carboxylic acids is 1. The number of ether oxygens (including phenoxy) is 1. The van der Waals surface area contributed by atoms with E-state index in [-0.39, 0.29) is 22.8 Å². The first-order chi connectivity index (χ1) is 20.7. The van der Waals surface area contributed by atoms with E-state index >= 15 is 0 Å². The number of carboxylic acids is 2. The fourth-order valence-electron chi connectivity index (χ4n) is 4.96. The van der Waals surface area contributed by atoms with Crippen molar-refractivity contribution >= 4 is 40.1 Å². The summed E-state index contributed by atoms with van der Waals surface area (Å²) in [6, 6.07) is 16.2. The second kappa shape index (κ2) is 12.4. The Morgan fingerprint density at radius 2 is 1.77 bits per heavy atom. The molecular weight excluding hydrogens is 576 g/mol. The number of thiophene rings is 1. The highest BCUT2D eigenvalue weighted by molar-refractivity contribution is 7.17. The van der Waals surface area contributed by atoms with Gasteiger partial charge in [-0.05, 0) is 48.7 Å². The number of nitrogens with one attached hydrogen (secondary N) is 2. The number of amides is 2. The number of rotatable bonds is 9. The molecule has 2 amide bonds. The number of methoxy groups -OCH3 is 1. The maximum Gasteiger partial charge on any atom is 0.394 e. The summed E-state index contributed by atoms with van der Waals surface area (Å²) >= 11 is 0.995. The number of carbonyl (C=O) groups is 4. The number of benzene rings is 2. The van der Waals surface area contributed by atoms with Gasteiger partial charge in [0.2, 0.25) is 0 Å². The zero-order valence-corrected chi connectivity index (χ0v) is 24.1. The van der Waals surface area contributed by atoms with Gasteiger partial charge in [0.05, 0.1) is 30.1 Å². The van der Waals surface area contributed by atoms with Gasteiger partial charge in [0.25, 0.3) is 5.91 Å². The van der Waals surface area contributed by atoms with Crippen LogP contribution in [0.25, 0.3) is 5.69 Å². The summed E-state index contributed by atoms with van der Waals surface area (Å²) in [7, 11) is 1.58. The topological polar surface area (TPSA) is 176 Å². The molecule has 5 rings (SSSR count). The van der Waals surface area contributed by atoms with Crippen molar-refractivity contribution in [3.8, 4) is 11.4 Å². The molecule has 2 aromatic carbocycles. The smallest absolute Gasteiger partial charge is 0.394 e. The largest absolute Gasteiger partial charge is 0.497 e. The van der Waals surface area contributed by atoms with Gasteiger partial charge in [0.1, 0.15) is 10.8 Å². The van der Waals surface area contributed by atoms with Crippen molar-refractivity contribution in [1.82, 2.24) is 25.2 Å². The van der Waals surface area contributed by atoms with Gasteiger partial charge in [-0.2, -0.15) is 9.90 Å².